The fraction of sp³-hybridized carbons (Fsp3) is 0.733. The molecule has 0 aliphatic rings. The van der Waals surface area contributed by atoms with Gasteiger partial charge in [0, 0.05) is 26.1 Å². The fourth-order valence-corrected chi connectivity index (χ4v) is 2.55. The summed E-state index contributed by atoms with van der Waals surface area (Å²) >= 11 is 0. The van der Waals surface area contributed by atoms with Gasteiger partial charge in [-0.25, -0.2) is 0 Å². The lowest BCUT2D eigenvalue weighted by Crippen LogP contribution is -2.38. The maximum atomic E-state index is 5.64. The van der Waals surface area contributed by atoms with Crippen LogP contribution in [0.25, 0.3) is 0 Å². The van der Waals surface area contributed by atoms with Gasteiger partial charge in [0.05, 0.1) is 12.2 Å². The van der Waals surface area contributed by atoms with E-state index in [0.29, 0.717) is 17.8 Å². The zero-order valence-electron chi connectivity index (χ0n) is 12.1. The summed E-state index contributed by atoms with van der Waals surface area (Å²) in [7, 11) is 3.55. The molecule has 4 atom stereocenters. The van der Waals surface area contributed by atoms with E-state index in [2.05, 4.69) is 40.3 Å². The first-order valence-corrected chi connectivity index (χ1v) is 6.34. The van der Waals surface area contributed by atoms with Crippen molar-refractivity contribution in [1.29, 1.82) is 0 Å². The second kappa shape index (κ2) is 8.48. The predicted octanol–water partition coefficient (Wildman–Crippen LogP) is 3.69. The van der Waals surface area contributed by atoms with E-state index in [9.17, 15) is 0 Å². The molecule has 0 fully saturated rings. The van der Waals surface area contributed by atoms with Gasteiger partial charge in [-0.05, 0) is 5.92 Å². The van der Waals surface area contributed by atoms with E-state index in [1.807, 2.05) is 6.08 Å². The van der Waals surface area contributed by atoms with Crippen molar-refractivity contribution in [1.82, 2.24) is 0 Å². The van der Waals surface area contributed by atoms with Gasteiger partial charge in [-0.3, -0.25) is 0 Å². The van der Waals surface area contributed by atoms with Gasteiger partial charge in [0.1, 0.15) is 0 Å². The van der Waals surface area contributed by atoms with E-state index >= 15 is 0 Å². The average Bonchev–Trinajstić information content (AvgIpc) is 2.27. The highest BCUT2D eigenvalue weighted by Gasteiger charge is 2.30. The summed E-state index contributed by atoms with van der Waals surface area (Å²) in [4.78, 5) is 0. The summed E-state index contributed by atoms with van der Waals surface area (Å²) in [5, 5.41) is 0. The zero-order valence-corrected chi connectivity index (χ0v) is 12.1. The zero-order chi connectivity index (χ0) is 13.4. The third kappa shape index (κ3) is 5.05. The van der Waals surface area contributed by atoms with E-state index in [1.54, 1.807) is 20.3 Å². The van der Waals surface area contributed by atoms with Crippen molar-refractivity contribution in [3.8, 4) is 0 Å². The Hall–Kier alpha value is -0.600. The number of hydrogen-bond acceptors (Lipinski definition) is 2. The summed E-state index contributed by atoms with van der Waals surface area (Å²) in [6.07, 6.45) is 6.29. The number of ether oxygens (including phenoxy) is 2. The SMILES string of the molecule is C=C/C=C/C(C)C(OC)C(C)C(OC)C(C)C. The molecule has 4 unspecified atom stereocenters. The molecule has 0 spiro atoms. The molecule has 0 aliphatic carbocycles. The van der Waals surface area contributed by atoms with Gasteiger partial charge >= 0.3 is 0 Å². The van der Waals surface area contributed by atoms with Crippen molar-refractivity contribution in [3.05, 3.63) is 24.8 Å². The topological polar surface area (TPSA) is 18.5 Å². The molecule has 17 heavy (non-hydrogen) atoms. The quantitative estimate of drug-likeness (QED) is 0.602. The van der Waals surface area contributed by atoms with Gasteiger partial charge < -0.3 is 9.47 Å². The average molecular weight is 240 g/mol. The Morgan fingerprint density at radius 3 is 1.82 bits per heavy atom. The summed E-state index contributed by atoms with van der Waals surface area (Å²) in [5.41, 5.74) is 0. The van der Waals surface area contributed by atoms with Crippen LogP contribution in [0.2, 0.25) is 0 Å². The van der Waals surface area contributed by atoms with Crippen LogP contribution in [-0.4, -0.2) is 26.4 Å². The second-order valence-electron chi connectivity index (χ2n) is 4.98. The molecule has 0 bridgehead atoms. The Labute approximate surface area is 107 Å². The maximum Gasteiger partial charge on any atom is 0.0681 e. The van der Waals surface area contributed by atoms with E-state index in [4.69, 9.17) is 9.47 Å². The summed E-state index contributed by atoms with van der Waals surface area (Å²) in [6, 6.07) is 0. The van der Waals surface area contributed by atoms with Crippen LogP contribution in [0, 0.1) is 17.8 Å². The normalized spacial score (nSPS) is 19.2. The first-order valence-electron chi connectivity index (χ1n) is 6.34. The number of rotatable bonds is 8. The maximum absolute atomic E-state index is 5.64. The van der Waals surface area contributed by atoms with Crippen LogP contribution in [0.3, 0.4) is 0 Å². The molecule has 0 rings (SSSR count). The van der Waals surface area contributed by atoms with Gasteiger partial charge in [0.2, 0.25) is 0 Å². The molecule has 0 aromatic heterocycles. The number of hydrogen-bond donors (Lipinski definition) is 0. The predicted molar refractivity (Wildman–Crippen MR) is 74.1 cm³/mol. The molecule has 0 N–H and O–H groups in total. The highest BCUT2D eigenvalue weighted by Crippen LogP contribution is 2.26. The van der Waals surface area contributed by atoms with Gasteiger partial charge in [-0.15, -0.1) is 0 Å². The van der Waals surface area contributed by atoms with Crippen LogP contribution in [0.5, 0.6) is 0 Å². The Morgan fingerprint density at radius 1 is 0.941 bits per heavy atom. The van der Waals surface area contributed by atoms with Crippen molar-refractivity contribution in [2.75, 3.05) is 14.2 Å². The van der Waals surface area contributed by atoms with Crippen LogP contribution >= 0.6 is 0 Å². The van der Waals surface area contributed by atoms with Crippen molar-refractivity contribution < 1.29 is 9.47 Å². The van der Waals surface area contributed by atoms with Crippen molar-refractivity contribution in [2.24, 2.45) is 17.8 Å². The molecule has 0 heterocycles. The molecule has 0 saturated heterocycles. The van der Waals surface area contributed by atoms with Gasteiger partial charge in [-0.1, -0.05) is 52.5 Å². The Balaban J connectivity index is 4.73. The summed E-state index contributed by atoms with van der Waals surface area (Å²) < 4.78 is 11.2. The smallest absolute Gasteiger partial charge is 0.0681 e. The minimum absolute atomic E-state index is 0.165. The Morgan fingerprint density at radius 2 is 1.47 bits per heavy atom. The molecule has 0 aliphatic heterocycles. The Kier molecular flexibility index (Phi) is 8.19. The van der Waals surface area contributed by atoms with Crippen LogP contribution in [0.4, 0.5) is 0 Å². The number of allylic oxidation sites excluding steroid dienone is 2. The molecule has 0 radical (unpaired) electrons. The third-order valence-corrected chi connectivity index (χ3v) is 3.31. The highest BCUT2D eigenvalue weighted by atomic mass is 16.5. The summed E-state index contributed by atoms with van der Waals surface area (Å²) in [6.45, 7) is 12.4. The molecule has 2 nitrogen and oxygen atoms in total. The lowest BCUT2D eigenvalue weighted by atomic mass is 9.84. The van der Waals surface area contributed by atoms with Crippen molar-refractivity contribution in [2.45, 2.75) is 39.9 Å². The van der Waals surface area contributed by atoms with Crippen LogP contribution in [0.1, 0.15) is 27.7 Å². The van der Waals surface area contributed by atoms with Crippen molar-refractivity contribution >= 4 is 0 Å². The summed E-state index contributed by atoms with van der Waals surface area (Å²) in [5.74, 6) is 1.20. The molecular weight excluding hydrogens is 212 g/mol. The molecule has 0 aromatic rings. The fourth-order valence-electron chi connectivity index (χ4n) is 2.55. The van der Waals surface area contributed by atoms with Gasteiger partial charge in [0.15, 0.2) is 0 Å². The lowest BCUT2D eigenvalue weighted by molar-refractivity contribution is -0.0576. The van der Waals surface area contributed by atoms with Gasteiger partial charge in [0.25, 0.3) is 0 Å². The van der Waals surface area contributed by atoms with E-state index in [1.165, 1.54) is 0 Å². The second-order valence-corrected chi connectivity index (χ2v) is 4.98. The molecule has 0 saturated carbocycles. The molecule has 100 valence electrons. The monoisotopic (exact) mass is 240 g/mol. The van der Waals surface area contributed by atoms with E-state index in [0.717, 1.165) is 0 Å². The minimum Gasteiger partial charge on any atom is -0.381 e. The Bertz CT molecular complexity index is 233. The first-order chi connectivity index (χ1) is 7.99. The van der Waals surface area contributed by atoms with E-state index < -0.39 is 0 Å². The highest BCUT2D eigenvalue weighted by molar-refractivity contribution is 5.01. The molecule has 2 heteroatoms. The molecule has 0 aromatic carbocycles. The number of methoxy groups -OCH3 is 2. The molecule has 0 amide bonds. The standard InChI is InChI=1S/C15H28O2/c1-8-9-10-12(4)15(17-7)13(5)14(16-6)11(2)3/h8-15H,1H2,2-7H3/b10-9+. The lowest BCUT2D eigenvalue weighted by Gasteiger charge is -2.34. The van der Waals surface area contributed by atoms with Crippen LogP contribution < -0.4 is 0 Å². The molecular formula is C15H28O2. The van der Waals surface area contributed by atoms with Crippen LogP contribution in [-0.2, 0) is 9.47 Å². The van der Waals surface area contributed by atoms with Crippen molar-refractivity contribution in [3.63, 3.8) is 0 Å². The van der Waals surface area contributed by atoms with Crippen LogP contribution in [0.15, 0.2) is 24.8 Å². The minimum atomic E-state index is 0.165. The first kappa shape index (κ1) is 16.4. The van der Waals surface area contributed by atoms with E-state index in [-0.39, 0.29) is 12.2 Å². The largest absolute Gasteiger partial charge is 0.381 e. The van der Waals surface area contributed by atoms with Gasteiger partial charge in [-0.2, -0.15) is 0 Å². The third-order valence-electron chi connectivity index (χ3n) is 3.31.